The summed E-state index contributed by atoms with van der Waals surface area (Å²) in [5.41, 5.74) is 2.70. The van der Waals surface area contributed by atoms with E-state index in [-0.39, 0.29) is 0 Å². The maximum atomic E-state index is 4.40. The maximum Gasteiger partial charge on any atom is 0.0786 e. The zero-order valence-corrected chi connectivity index (χ0v) is 10.5. The van der Waals surface area contributed by atoms with E-state index in [1.54, 1.807) is 0 Å². The first-order valence-corrected chi connectivity index (χ1v) is 6.15. The molecule has 1 saturated heterocycles. The van der Waals surface area contributed by atoms with Crippen molar-refractivity contribution in [2.45, 2.75) is 20.3 Å². The molecule has 0 radical (unpaired) electrons. The van der Waals surface area contributed by atoms with Crippen LogP contribution in [0.25, 0.3) is 0 Å². The van der Waals surface area contributed by atoms with Crippen LogP contribution in [0.2, 0.25) is 0 Å². The van der Waals surface area contributed by atoms with Gasteiger partial charge >= 0.3 is 0 Å². The van der Waals surface area contributed by atoms with Gasteiger partial charge in [-0.1, -0.05) is 13.8 Å². The Balaban J connectivity index is 2.18. The molecule has 0 unspecified atom stereocenters. The summed E-state index contributed by atoms with van der Waals surface area (Å²) in [6.45, 7) is 8.86. The lowest BCUT2D eigenvalue weighted by Gasteiger charge is -2.29. The molecule has 0 aromatic carbocycles. The summed E-state index contributed by atoms with van der Waals surface area (Å²) in [6, 6.07) is 0. The molecule has 1 aromatic rings. The SMILES string of the molecule is CC(C)Cc1c(N2CCNCC2)cnn1C. The summed E-state index contributed by atoms with van der Waals surface area (Å²) in [5, 5.41) is 7.78. The van der Waals surface area contributed by atoms with Gasteiger partial charge in [-0.3, -0.25) is 4.68 Å². The van der Waals surface area contributed by atoms with Crippen LogP contribution < -0.4 is 10.2 Å². The fourth-order valence-corrected chi connectivity index (χ4v) is 2.24. The normalized spacial score (nSPS) is 17.1. The zero-order valence-electron chi connectivity index (χ0n) is 10.5. The Morgan fingerprint density at radius 3 is 2.69 bits per heavy atom. The molecule has 2 heterocycles. The highest BCUT2D eigenvalue weighted by molar-refractivity contribution is 5.50. The van der Waals surface area contributed by atoms with E-state index in [1.807, 2.05) is 17.9 Å². The van der Waals surface area contributed by atoms with Crippen LogP contribution in [0.15, 0.2) is 6.20 Å². The van der Waals surface area contributed by atoms with Crippen molar-refractivity contribution in [1.29, 1.82) is 0 Å². The van der Waals surface area contributed by atoms with Crippen LogP contribution in [-0.2, 0) is 13.5 Å². The molecule has 1 aliphatic rings. The van der Waals surface area contributed by atoms with Crippen molar-refractivity contribution in [2.24, 2.45) is 13.0 Å². The number of anilines is 1. The monoisotopic (exact) mass is 222 g/mol. The first-order chi connectivity index (χ1) is 7.68. The Bertz CT molecular complexity index is 337. The molecule has 0 amide bonds. The van der Waals surface area contributed by atoms with Crippen molar-refractivity contribution in [3.05, 3.63) is 11.9 Å². The second kappa shape index (κ2) is 4.87. The number of piperazine rings is 1. The third kappa shape index (κ3) is 2.38. The van der Waals surface area contributed by atoms with Crippen molar-refractivity contribution >= 4 is 5.69 Å². The molecule has 0 aliphatic carbocycles. The van der Waals surface area contributed by atoms with E-state index in [9.17, 15) is 0 Å². The average molecular weight is 222 g/mol. The van der Waals surface area contributed by atoms with Crippen LogP contribution in [0, 0.1) is 5.92 Å². The van der Waals surface area contributed by atoms with Crippen LogP contribution in [-0.4, -0.2) is 36.0 Å². The summed E-state index contributed by atoms with van der Waals surface area (Å²) in [4.78, 5) is 2.45. The molecular weight excluding hydrogens is 200 g/mol. The number of aromatic nitrogens is 2. The molecule has 0 saturated carbocycles. The molecule has 2 rings (SSSR count). The van der Waals surface area contributed by atoms with Gasteiger partial charge in [-0.25, -0.2) is 0 Å². The molecule has 1 N–H and O–H groups in total. The summed E-state index contributed by atoms with van der Waals surface area (Å²) in [5.74, 6) is 0.678. The predicted octanol–water partition coefficient (Wildman–Crippen LogP) is 1.03. The van der Waals surface area contributed by atoms with Crippen LogP contribution >= 0.6 is 0 Å². The summed E-state index contributed by atoms with van der Waals surface area (Å²) < 4.78 is 2.03. The lowest BCUT2D eigenvalue weighted by Crippen LogP contribution is -2.43. The zero-order chi connectivity index (χ0) is 11.5. The van der Waals surface area contributed by atoms with Gasteiger partial charge in [-0.15, -0.1) is 0 Å². The van der Waals surface area contributed by atoms with Gasteiger partial charge in [-0.2, -0.15) is 5.10 Å². The minimum absolute atomic E-state index is 0.678. The second-order valence-corrected chi connectivity index (χ2v) is 4.94. The molecule has 0 atom stereocenters. The first kappa shape index (κ1) is 11.5. The fourth-order valence-electron chi connectivity index (χ4n) is 2.24. The van der Waals surface area contributed by atoms with E-state index in [0.29, 0.717) is 5.92 Å². The highest BCUT2D eigenvalue weighted by atomic mass is 15.3. The van der Waals surface area contributed by atoms with Crippen molar-refractivity contribution in [3.63, 3.8) is 0 Å². The Kier molecular flexibility index (Phi) is 3.49. The third-order valence-electron chi connectivity index (χ3n) is 3.10. The number of hydrogen-bond donors (Lipinski definition) is 1. The number of nitrogens with zero attached hydrogens (tertiary/aromatic N) is 3. The van der Waals surface area contributed by atoms with E-state index >= 15 is 0 Å². The Labute approximate surface area is 97.6 Å². The molecular formula is C12H22N4. The third-order valence-corrected chi connectivity index (χ3v) is 3.10. The van der Waals surface area contributed by atoms with Gasteiger partial charge in [-0.05, 0) is 12.3 Å². The molecule has 16 heavy (non-hydrogen) atoms. The van der Waals surface area contributed by atoms with Gasteiger partial charge in [0.25, 0.3) is 0 Å². The van der Waals surface area contributed by atoms with Gasteiger partial charge in [0.05, 0.1) is 17.6 Å². The van der Waals surface area contributed by atoms with Crippen LogP contribution in [0.5, 0.6) is 0 Å². The van der Waals surface area contributed by atoms with Crippen molar-refractivity contribution in [3.8, 4) is 0 Å². The highest BCUT2D eigenvalue weighted by Crippen LogP contribution is 2.22. The van der Waals surface area contributed by atoms with Crippen molar-refractivity contribution in [2.75, 3.05) is 31.1 Å². The lowest BCUT2D eigenvalue weighted by atomic mass is 10.1. The van der Waals surface area contributed by atoms with Gasteiger partial charge in [0.1, 0.15) is 0 Å². The Hall–Kier alpha value is -1.03. The molecule has 90 valence electrons. The molecule has 4 nitrogen and oxygen atoms in total. The maximum absolute atomic E-state index is 4.40. The smallest absolute Gasteiger partial charge is 0.0786 e. The predicted molar refractivity (Wildman–Crippen MR) is 66.8 cm³/mol. The average Bonchev–Trinajstić information content (AvgIpc) is 2.61. The van der Waals surface area contributed by atoms with Gasteiger partial charge in [0.15, 0.2) is 0 Å². The van der Waals surface area contributed by atoms with Crippen molar-refractivity contribution in [1.82, 2.24) is 15.1 Å². The van der Waals surface area contributed by atoms with Crippen LogP contribution in [0.4, 0.5) is 5.69 Å². The topological polar surface area (TPSA) is 33.1 Å². The number of aryl methyl sites for hydroxylation is 1. The minimum atomic E-state index is 0.678. The van der Waals surface area contributed by atoms with E-state index in [1.165, 1.54) is 11.4 Å². The number of nitrogens with one attached hydrogen (secondary N) is 1. The molecule has 0 spiro atoms. The summed E-state index contributed by atoms with van der Waals surface area (Å²) in [6.07, 6.45) is 3.12. The van der Waals surface area contributed by atoms with E-state index in [0.717, 1.165) is 32.6 Å². The standard InChI is InChI=1S/C12H22N4/c1-10(2)8-11-12(9-14-15(11)3)16-6-4-13-5-7-16/h9-10,13H,4-8H2,1-3H3. The largest absolute Gasteiger partial charge is 0.366 e. The molecule has 1 fully saturated rings. The van der Waals surface area contributed by atoms with Gasteiger partial charge in [0, 0.05) is 33.2 Å². The summed E-state index contributed by atoms with van der Waals surface area (Å²) >= 11 is 0. The lowest BCUT2D eigenvalue weighted by molar-refractivity contribution is 0.573. The fraction of sp³-hybridized carbons (Fsp3) is 0.750. The molecule has 1 aliphatic heterocycles. The first-order valence-electron chi connectivity index (χ1n) is 6.15. The number of hydrogen-bond acceptors (Lipinski definition) is 3. The Morgan fingerprint density at radius 1 is 1.38 bits per heavy atom. The van der Waals surface area contributed by atoms with Crippen LogP contribution in [0.3, 0.4) is 0 Å². The van der Waals surface area contributed by atoms with E-state index < -0.39 is 0 Å². The minimum Gasteiger partial charge on any atom is -0.366 e. The second-order valence-electron chi connectivity index (χ2n) is 4.94. The van der Waals surface area contributed by atoms with Crippen molar-refractivity contribution < 1.29 is 0 Å². The van der Waals surface area contributed by atoms with Gasteiger partial charge in [0.2, 0.25) is 0 Å². The molecule has 0 bridgehead atoms. The Morgan fingerprint density at radius 2 is 2.06 bits per heavy atom. The van der Waals surface area contributed by atoms with Crippen LogP contribution in [0.1, 0.15) is 19.5 Å². The summed E-state index contributed by atoms with van der Waals surface area (Å²) in [7, 11) is 2.05. The molecule has 1 aromatic heterocycles. The van der Waals surface area contributed by atoms with E-state index in [4.69, 9.17) is 0 Å². The molecule has 4 heteroatoms. The van der Waals surface area contributed by atoms with E-state index in [2.05, 4.69) is 29.2 Å². The highest BCUT2D eigenvalue weighted by Gasteiger charge is 2.17. The number of rotatable bonds is 3. The van der Waals surface area contributed by atoms with Gasteiger partial charge < -0.3 is 10.2 Å². The quantitative estimate of drug-likeness (QED) is 0.829.